The van der Waals surface area contributed by atoms with Gasteiger partial charge in [-0.15, -0.1) is 0 Å². The Morgan fingerprint density at radius 2 is 2.00 bits per heavy atom. The summed E-state index contributed by atoms with van der Waals surface area (Å²) in [5.74, 6) is -3.26. The molecule has 1 aromatic rings. The van der Waals surface area contributed by atoms with Crippen molar-refractivity contribution in [3.8, 4) is 0 Å². The molecular formula is C12H12ClF2NO3S. The van der Waals surface area contributed by atoms with Crippen molar-refractivity contribution in [3.63, 3.8) is 0 Å². The molecule has 0 saturated heterocycles. The van der Waals surface area contributed by atoms with Crippen molar-refractivity contribution in [1.29, 1.82) is 0 Å². The van der Waals surface area contributed by atoms with E-state index in [4.69, 9.17) is 10.7 Å². The number of carbonyl (C=O) groups is 1. The summed E-state index contributed by atoms with van der Waals surface area (Å²) in [6.07, 6.45) is 1.89. The van der Waals surface area contributed by atoms with Gasteiger partial charge in [0.05, 0.1) is 5.56 Å². The zero-order valence-electron chi connectivity index (χ0n) is 10.5. The molecule has 0 aromatic heterocycles. The van der Waals surface area contributed by atoms with Crippen molar-refractivity contribution >= 4 is 25.6 Å². The maximum Gasteiger partial charge on any atom is 0.264 e. The van der Waals surface area contributed by atoms with Crippen LogP contribution >= 0.6 is 10.7 Å². The predicted molar refractivity (Wildman–Crippen MR) is 69.1 cm³/mol. The highest BCUT2D eigenvalue weighted by molar-refractivity contribution is 8.13. The largest absolute Gasteiger partial charge is 0.351 e. The van der Waals surface area contributed by atoms with E-state index in [1.165, 1.54) is 0 Å². The molecule has 1 fully saturated rings. The quantitative estimate of drug-likeness (QED) is 0.866. The number of benzene rings is 1. The van der Waals surface area contributed by atoms with E-state index in [1.54, 1.807) is 0 Å². The molecule has 1 amide bonds. The predicted octanol–water partition coefficient (Wildman–Crippen LogP) is 2.42. The van der Waals surface area contributed by atoms with Crippen molar-refractivity contribution in [2.24, 2.45) is 5.41 Å². The van der Waals surface area contributed by atoms with E-state index in [1.807, 2.05) is 6.92 Å². The van der Waals surface area contributed by atoms with E-state index in [0.29, 0.717) is 18.7 Å². The molecule has 0 heterocycles. The number of nitrogens with one attached hydrogen (secondary N) is 1. The topological polar surface area (TPSA) is 63.2 Å². The molecule has 4 nitrogen and oxygen atoms in total. The number of hydrogen-bond donors (Lipinski definition) is 1. The molecule has 8 heteroatoms. The molecule has 2 rings (SSSR count). The van der Waals surface area contributed by atoms with Gasteiger partial charge in [0, 0.05) is 17.2 Å². The second-order valence-corrected chi connectivity index (χ2v) is 7.73. The highest BCUT2D eigenvalue weighted by Crippen LogP contribution is 2.44. The minimum Gasteiger partial charge on any atom is -0.351 e. The Labute approximate surface area is 119 Å². The summed E-state index contributed by atoms with van der Waals surface area (Å²) in [7, 11) is 0.540. The van der Waals surface area contributed by atoms with Crippen LogP contribution in [0.15, 0.2) is 17.0 Å². The van der Waals surface area contributed by atoms with Crippen LogP contribution in [-0.4, -0.2) is 20.9 Å². The Kier molecular flexibility index (Phi) is 3.77. The summed E-state index contributed by atoms with van der Waals surface area (Å²) < 4.78 is 49.5. The zero-order valence-corrected chi connectivity index (χ0v) is 12.1. The third-order valence-electron chi connectivity index (χ3n) is 3.29. The third kappa shape index (κ3) is 3.27. The molecule has 1 saturated carbocycles. The summed E-state index contributed by atoms with van der Waals surface area (Å²) >= 11 is 0. The fraction of sp³-hybridized carbons (Fsp3) is 0.417. The molecule has 20 heavy (non-hydrogen) atoms. The van der Waals surface area contributed by atoms with Crippen LogP contribution in [0.25, 0.3) is 0 Å². The van der Waals surface area contributed by atoms with Crippen LogP contribution in [0.1, 0.15) is 30.1 Å². The van der Waals surface area contributed by atoms with Gasteiger partial charge in [-0.05, 0) is 30.4 Å². The molecule has 1 aromatic carbocycles. The Bertz CT molecular complexity index is 672. The lowest BCUT2D eigenvalue weighted by Gasteiger charge is -2.11. The smallest absolute Gasteiger partial charge is 0.264 e. The van der Waals surface area contributed by atoms with Crippen molar-refractivity contribution in [2.45, 2.75) is 24.7 Å². The highest BCUT2D eigenvalue weighted by Gasteiger charge is 2.37. The van der Waals surface area contributed by atoms with Crippen molar-refractivity contribution in [1.82, 2.24) is 5.32 Å². The average molecular weight is 324 g/mol. The second-order valence-electron chi connectivity index (χ2n) is 5.20. The van der Waals surface area contributed by atoms with Gasteiger partial charge in [-0.1, -0.05) is 6.92 Å². The van der Waals surface area contributed by atoms with Crippen LogP contribution in [0.4, 0.5) is 8.78 Å². The molecule has 0 atom stereocenters. The van der Waals surface area contributed by atoms with Gasteiger partial charge in [-0.25, -0.2) is 17.2 Å². The summed E-state index contributed by atoms with van der Waals surface area (Å²) in [4.78, 5) is 10.8. The lowest BCUT2D eigenvalue weighted by Crippen LogP contribution is -2.30. The Morgan fingerprint density at radius 3 is 2.50 bits per heavy atom. The average Bonchev–Trinajstić information content (AvgIpc) is 3.06. The summed E-state index contributed by atoms with van der Waals surface area (Å²) in [6.45, 7) is 2.27. The zero-order chi connectivity index (χ0) is 15.1. The molecule has 1 N–H and O–H groups in total. The number of halogens is 3. The van der Waals surface area contributed by atoms with Gasteiger partial charge < -0.3 is 5.32 Å². The Balaban J connectivity index is 2.31. The third-order valence-corrected chi connectivity index (χ3v) is 4.61. The van der Waals surface area contributed by atoms with E-state index in [9.17, 15) is 22.0 Å². The van der Waals surface area contributed by atoms with Gasteiger partial charge >= 0.3 is 0 Å². The van der Waals surface area contributed by atoms with Gasteiger partial charge in [0.15, 0.2) is 5.82 Å². The Hall–Kier alpha value is -1.21. The SMILES string of the molecule is CC1(CNC(=O)c2cc(F)cc(S(=O)(=O)Cl)c2F)CC1. The van der Waals surface area contributed by atoms with Gasteiger partial charge in [0.1, 0.15) is 10.7 Å². The van der Waals surface area contributed by atoms with Crippen LogP contribution < -0.4 is 5.32 Å². The maximum absolute atomic E-state index is 13.9. The van der Waals surface area contributed by atoms with E-state index < -0.39 is 37.1 Å². The number of hydrogen-bond acceptors (Lipinski definition) is 3. The highest BCUT2D eigenvalue weighted by atomic mass is 35.7. The number of amides is 1. The van der Waals surface area contributed by atoms with Gasteiger partial charge in [-0.3, -0.25) is 4.79 Å². The summed E-state index contributed by atoms with van der Waals surface area (Å²) in [6, 6.07) is 1.09. The molecule has 0 bridgehead atoms. The van der Waals surface area contributed by atoms with E-state index in [2.05, 4.69) is 5.32 Å². The van der Waals surface area contributed by atoms with Crippen molar-refractivity contribution < 1.29 is 22.0 Å². The Morgan fingerprint density at radius 1 is 1.40 bits per heavy atom. The standard InChI is InChI=1S/C12H12ClF2NO3S/c1-12(2-3-12)6-16-11(17)8-4-7(14)5-9(10(8)15)20(13,18)19/h4-5H,2-3,6H2,1H3,(H,16,17). The summed E-state index contributed by atoms with van der Waals surface area (Å²) in [5.41, 5.74) is -0.686. The summed E-state index contributed by atoms with van der Waals surface area (Å²) in [5, 5.41) is 2.46. The van der Waals surface area contributed by atoms with Crippen LogP contribution in [0, 0.1) is 17.0 Å². The van der Waals surface area contributed by atoms with Crippen LogP contribution in [0.5, 0.6) is 0 Å². The number of carbonyl (C=O) groups excluding carboxylic acids is 1. The molecule has 0 spiro atoms. The first kappa shape index (κ1) is 15.2. The van der Waals surface area contributed by atoms with E-state index >= 15 is 0 Å². The minimum absolute atomic E-state index is 0.0130. The normalized spacial score (nSPS) is 16.8. The van der Waals surface area contributed by atoms with Crippen molar-refractivity contribution in [2.75, 3.05) is 6.54 Å². The molecule has 0 aliphatic heterocycles. The van der Waals surface area contributed by atoms with Gasteiger partial charge in [0.25, 0.3) is 15.0 Å². The number of rotatable bonds is 4. The molecule has 1 aliphatic carbocycles. The van der Waals surface area contributed by atoms with E-state index in [-0.39, 0.29) is 5.41 Å². The first-order chi connectivity index (χ1) is 9.12. The monoisotopic (exact) mass is 323 g/mol. The van der Waals surface area contributed by atoms with Gasteiger partial charge in [0.2, 0.25) is 0 Å². The van der Waals surface area contributed by atoms with Crippen LogP contribution in [-0.2, 0) is 9.05 Å². The molecular weight excluding hydrogens is 312 g/mol. The fourth-order valence-electron chi connectivity index (χ4n) is 1.69. The maximum atomic E-state index is 13.9. The lowest BCUT2D eigenvalue weighted by atomic mass is 10.1. The first-order valence-electron chi connectivity index (χ1n) is 5.84. The molecule has 110 valence electrons. The fourth-order valence-corrected chi connectivity index (χ4v) is 2.60. The molecule has 0 radical (unpaired) electrons. The van der Waals surface area contributed by atoms with Crippen LogP contribution in [0.3, 0.4) is 0 Å². The van der Waals surface area contributed by atoms with Gasteiger partial charge in [-0.2, -0.15) is 0 Å². The second kappa shape index (κ2) is 4.96. The lowest BCUT2D eigenvalue weighted by molar-refractivity contribution is 0.0941. The van der Waals surface area contributed by atoms with E-state index in [0.717, 1.165) is 12.8 Å². The molecule has 0 unspecified atom stereocenters. The first-order valence-corrected chi connectivity index (χ1v) is 8.15. The molecule has 1 aliphatic rings. The minimum atomic E-state index is -4.47. The van der Waals surface area contributed by atoms with Crippen LogP contribution in [0.2, 0.25) is 0 Å². The van der Waals surface area contributed by atoms with Crippen molar-refractivity contribution in [3.05, 3.63) is 29.3 Å².